The summed E-state index contributed by atoms with van der Waals surface area (Å²) in [6, 6.07) is 4.13. The number of hydrogen-bond donors (Lipinski definition) is 1. The van der Waals surface area contributed by atoms with Crippen molar-refractivity contribution >= 4 is 16.6 Å². The van der Waals surface area contributed by atoms with Crippen LogP contribution in [0.2, 0.25) is 0 Å². The molecule has 22 heavy (non-hydrogen) atoms. The van der Waals surface area contributed by atoms with Crippen LogP contribution < -0.4 is 5.32 Å². The second-order valence-electron chi connectivity index (χ2n) is 5.53. The highest BCUT2D eigenvalue weighted by molar-refractivity contribution is 5.90. The van der Waals surface area contributed by atoms with Crippen molar-refractivity contribution in [2.24, 2.45) is 7.05 Å². The van der Waals surface area contributed by atoms with Crippen LogP contribution in [0.4, 0.5) is 5.69 Å². The van der Waals surface area contributed by atoms with E-state index in [1.165, 1.54) is 0 Å². The number of fused-ring (bicyclic) bond motifs is 1. The maximum atomic E-state index is 5.90. The molecule has 112 valence electrons. The molecule has 1 fully saturated rings. The van der Waals surface area contributed by atoms with E-state index in [1.807, 2.05) is 44.0 Å². The molecule has 0 spiro atoms. The van der Waals surface area contributed by atoms with Gasteiger partial charge in [-0.15, -0.1) is 0 Å². The summed E-state index contributed by atoms with van der Waals surface area (Å²) >= 11 is 0. The fraction of sp³-hybridized carbons (Fsp3) is 0.312. The van der Waals surface area contributed by atoms with Gasteiger partial charge < -0.3 is 10.1 Å². The first-order chi connectivity index (χ1) is 10.8. The third-order valence-corrected chi connectivity index (χ3v) is 4.03. The number of anilines is 1. The Hall–Kier alpha value is -2.47. The maximum Gasteiger partial charge on any atom is 0.106 e. The summed E-state index contributed by atoms with van der Waals surface area (Å²) in [5.41, 5.74) is 3.09. The Kier molecular flexibility index (Phi) is 3.23. The topological polar surface area (TPSA) is 64.9 Å². The van der Waals surface area contributed by atoms with E-state index in [0.29, 0.717) is 0 Å². The lowest BCUT2D eigenvalue weighted by molar-refractivity contribution is 0.107. The second kappa shape index (κ2) is 5.38. The molecule has 6 heteroatoms. The predicted molar refractivity (Wildman–Crippen MR) is 83.5 cm³/mol. The average Bonchev–Trinajstić information content (AvgIpc) is 3.16. The Balaban J connectivity index is 1.64. The van der Waals surface area contributed by atoms with Gasteiger partial charge in [-0.2, -0.15) is 5.10 Å². The van der Waals surface area contributed by atoms with Gasteiger partial charge in [0.25, 0.3) is 0 Å². The first-order valence-electron chi connectivity index (χ1n) is 7.37. The number of aromatic nitrogens is 4. The molecule has 0 aromatic carbocycles. The van der Waals surface area contributed by atoms with Gasteiger partial charge in [0.05, 0.1) is 17.8 Å². The molecule has 4 heterocycles. The van der Waals surface area contributed by atoms with E-state index >= 15 is 0 Å². The van der Waals surface area contributed by atoms with Crippen molar-refractivity contribution in [3.63, 3.8) is 0 Å². The Bertz CT molecular complexity index is 795. The lowest BCUT2D eigenvalue weighted by atomic mass is 10.0. The van der Waals surface area contributed by atoms with Crippen molar-refractivity contribution in [2.45, 2.75) is 18.6 Å². The number of aryl methyl sites for hydroxylation is 1. The second-order valence-corrected chi connectivity index (χ2v) is 5.53. The summed E-state index contributed by atoms with van der Waals surface area (Å²) in [6.45, 7) is 0.749. The monoisotopic (exact) mass is 295 g/mol. The van der Waals surface area contributed by atoms with E-state index in [1.54, 1.807) is 10.9 Å². The molecule has 3 aromatic heterocycles. The zero-order valence-corrected chi connectivity index (χ0v) is 12.3. The van der Waals surface area contributed by atoms with Crippen LogP contribution in [-0.4, -0.2) is 32.4 Å². The molecule has 0 aliphatic carbocycles. The number of ether oxygens (including phenoxy) is 1. The zero-order chi connectivity index (χ0) is 14.9. The van der Waals surface area contributed by atoms with Gasteiger partial charge in [-0.3, -0.25) is 14.6 Å². The first kappa shape index (κ1) is 13.2. The Morgan fingerprint density at radius 3 is 3.09 bits per heavy atom. The van der Waals surface area contributed by atoms with E-state index in [0.717, 1.165) is 35.2 Å². The summed E-state index contributed by atoms with van der Waals surface area (Å²) in [7, 11) is 1.92. The summed E-state index contributed by atoms with van der Waals surface area (Å²) in [5.74, 6) is 0. The summed E-state index contributed by atoms with van der Waals surface area (Å²) in [5, 5.41) is 8.87. The van der Waals surface area contributed by atoms with Crippen molar-refractivity contribution < 1.29 is 4.74 Å². The molecule has 1 N–H and O–H groups in total. The molecule has 1 aliphatic heterocycles. The molecule has 0 unspecified atom stereocenters. The lowest BCUT2D eigenvalue weighted by Crippen LogP contribution is -2.23. The van der Waals surface area contributed by atoms with Crippen LogP contribution in [0, 0.1) is 0 Å². The molecule has 4 rings (SSSR count). The van der Waals surface area contributed by atoms with E-state index in [2.05, 4.69) is 20.4 Å². The minimum atomic E-state index is 0.0218. The maximum absolute atomic E-state index is 5.90. The SMILES string of the molecule is Cn1cc([C@H]2OCC[C@@H]2Nc2ccnc3ccncc23)cn1. The van der Waals surface area contributed by atoms with E-state index in [9.17, 15) is 0 Å². The Morgan fingerprint density at radius 2 is 2.23 bits per heavy atom. The zero-order valence-electron chi connectivity index (χ0n) is 12.3. The molecule has 0 saturated carbocycles. The van der Waals surface area contributed by atoms with Gasteiger partial charge in [0, 0.05) is 55.1 Å². The number of nitrogens with zero attached hydrogens (tertiary/aromatic N) is 4. The van der Waals surface area contributed by atoms with Crippen LogP contribution in [0.3, 0.4) is 0 Å². The smallest absolute Gasteiger partial charge is 0.106 e. The van der Waals surface area contributed by atoms with Gasteiger partial charge >= 0.3 is 0 Å². The third-order valence-electron chi connectivity index (χ3n) is 4.03. The fourth-order valence-corrected chi connectivity index (χ4v) is 2.97. The quantitative estimate of drug-likeness (QED) is 0.803. The van der Waals surface area contributed by atoms with Crippen LogP contribution in [0.5, 0.6) is 0 Å². The standard InChI is InChI=1S/C16H17N5O/c1-21-10-11(8-19-21)16-15(4-7-22-16)20-14-3-6-18-13-2-5-17-9-12(13)14/h2-3,5-6,8-10,15-16H,4,7H2,1H3,(H,18,20)/t15-,16+/m0/s1. The lowest BCUT2D eigenvalue weighted by Gasteiger charge is -2.20. The predicted octanol–water partition coefficient (Wildman–Crippen LogP) is 2.31. The minimum Gasteiger partial charge on any atom is -0.379 e. The summed E-state index contributed by atoms with van der Waals surface area (Å²) in [4.78, 5) is 8.58. The highest BCUT2D eigenvalue weighted by atomic mass is 16.5. The number of pyridine rings is 2. The summed E-state index contributed by atoms with van der Waals surface area (Å²) < 4.78 is 7.71. The van der Waals surface area contributed by atoms with Crippen molar-refractivity contribution in [3.8, 4) is 0 Å². The van der Waals surface area contributed by atoms with Gasteiger partial charge in [0.15, 0.2) is 0 Å². The van der Waals surface area contributed by atoms with Crippen molar-refractivity contribution in [2.75, 3.05) is 11.9 Å². The number of rotatable bonds is 3. The highest BCUT2D eigenvalue weighted by Gasteiger charge is 2.30. The van der Waals surface area contributed by atoms with Crippen molar-refractivity contribution in [1.29, 1.82) is 0 Å². The molecule has 0 radical (unpaired) electrons. The molecule has 6 nitrogen and oxygen atoms in total. The molecule has 1 aliphatic rings. The van der Waals surface area contributed by atoms with Gasteiger partial charge in [0.2, 0.25) is 0 Å². The minimum absolute atomic E-state index is 0.0218. The van der Waals surface area contributed by atoms with Crippen LogP contribution in [0.25, 0.3) is 10.9 Å². The van der Waals surface area contributed by atoms with E-state index < -0.39 is 0 Å². The Morgan fingerprint density at radius 1 is 1.27 bits per heavy atom. The van der Waals surface area contributed by atoms with Gasteiger partial charge in [-0.25, -0.2) is 0 Å². The molecule has 0 amide bonds. The van der Waals surface area contributed by atoms with Crippen LogP contribution in [-0.2, 0) is 11.8 Å². The largest absolute Gasteiger partial charge is 0.379 e. The molecular formula is C16H17N5O. The van der Waals surface area contributed by atoms with Crippen LogP contribution >= 0.6 is 0 Å². The van der Waals surface area contributed by atoms with E-state index in [-0.39, 0.29) is 12.1 Å². The average molecular weight is 295 g/mol. The number of hydrogen-bond acceptors (Lipinski definition) is 5. The van der Waals surface area contributed by atoms with Crippen LogP contribution in [0.15, 0.2) is 43.1 Å². The van der Waals surface area contributed by atoms with Crippen LogP contribution in [0.1, 0.15) is 18.1 Å². The van der Waals surface area contributed by atoms with Gasteiger partial charge in [-0.05, 0) is 18.6 Å². The Labute approximate surface area is 128 Å². The van der Waals surface area contributed by atoms with Crippen molar-refractivity contribution in [1.82, 2.24) is 19.7 Å². The normalized spacial score (nSPS) is 21.3. The highest BCUT2D eigenvalue weighted by Crippen LogP contribution is 2.32. The van der Waals surface area contributed by atoms with Gasteiger partial charge in [0.1, 0.15) is 6.10 Å². The fourth-order valence-electron chi connectivity index (χ4n) is 2.97. The molecule has 0 bridgehead atoms. The summed E-state index contributed by atoms with van der Waals surface area (Å²) in [6.07, 6.45) is 10.3. The third kappa shape index (κ3) is 2.31. The van der Waals surface area contributed by atoms with E-state index in [4.69, 9.17) is 4.74 Å². The molecular weight excluding hydrogens is 278 g/mol. The molecule has 3 aromatic rings. The van der Waals surface area contributed by atoms with Crippen molar-refractivity contribution in [3.05, 3.63) is 48.7 Å². The molecule has 2 atom stereocenters. The first-order valence-corrected chi connectivity index (χ1v) is 7.37. The molecule has 1 saturated heterocycles. The number of nitrogens with one attached hydrogen (secondary N) is 1. The van der Waals surface area contributed by atoms with Gasteiger partial charge in [-0.1, -0.05) is 0 Å².